The lowest BCUT2D eigenvalue weighted by atomic mass is 10.1. The highest BCUT2D eigenvalue weighted by Crippen LogP contribution is 2.28. The first-order valence-electron chi connectivity index (χ1n) is 7.29. The van der Waals surface area contributed by atoms with Gasteiger partial charge in [-0.05, 0) is 30.7 Å². The van der Waals surface area contributed by atoms with E-state index in [1.807, 2.05) is 0 Å². The van der Waals surface area contributed by atoms with Crippen molar-refractivity contribution in [3.05, 3.63) is 29.8 Å². The lowest BCUT2D eigenvalue weighted by Crippen LogP contribution is -2.29. The van der Waals surface area contributed by atoms with Gasteiger partial charge in [0.1, 0.15) is 0 Å². The minimum absolute atomic E-state index is 0.204. The van der Waals surface area contributed by atoms with Crippen molar-refractivity contribution in [2.24, 2.45) is 11.7 Å². The summed E-state index contributed by atoms with van der Waals surface area (Å²) in [6.45, 7) is 1.87. The first kappa shape index (κ1) is 19.0. The monoisotopic (exact) mass is 331 g/mol. The molecule has 0 saturated carbocycles. The van der Waals surface area contributed by atoms with Gasteiger partial charge in [0.2, 0.25) is 5.91 Å². The third-order valence-electron chi connectivity index (χ3n) is 3.12. The highest BCUT2D eigenvalue weighted by atomic mass is 16.5. The summed E-state index contributed by atoms with van der Waals surface area (Å²) in [6.07, 6.45) is 3.05. The molecule has 1 atom stereocenters. The van der Waals surface area contributed by atoms with E-state index >= 15 is 0 Å². The molecule has 1 aromatic carbocycles. The molecule has 0 aromatic heterocycles. The molecule has 0 radical (unpaired) electrons. The Kier molecular flexibility index (Phi) is 7.30. The summed E-state index contributed by atoms with van der Waals surface area (Å²) in [4.78, 5) is 24.2. The summed E-state index contributed by atoms with van der Waals surface area (Å²) in [6, 6.07) is 7.12. The van der Waals surface area contributed by atoms with Crippen LogP contribution in [0.3, 0.4) is 0 Å². The van der Waals surface area contributed by atoms with E-state index in [0.717, 1.165) is 5.56 Å². The number of primary amides is 1. The molecule has 7 heteroatoms. The fraction of sp³-hybridized carbons (Fsp3) is 0.353. The number of hydrogen-bond acceptors (Lipinski definition) is 5. The molecule has 0 saturated heterocycles. The number of carbonyl (C=O) groups excluding carboxylic acids is 2. The highest BCUT2D eigenvalue weighted by molar-refractivity contribution is 5.91. The Hall–Kier alpha value is -3.01. The van der Waals surface area contributed by atoms with Crippen LogP contribution in [0.4, 0.5) is 0 Å². The molecular formula is C17H21N3O4. The summed E-state index contributed by atoms with van der Waals surface area (Å²) >= 11 is 0. The average molecular weight is 331 g/mol. The van der Waals surface area contributed by atoms with E-state index in [-0.39, 0.29) is 18.4 Å². The van der Waals surface area contributed by atoms with Gasteiger partial charge in [0.25, 0.3) is 5.91 Å². The van der Waals surface area contributed by atoms with Gasteiger partial charge in [-0.15, -0.1) is 0 Å². The van der Waals surface area contributed by atoms with Gasteiger partial charge in [0.05, 0.1) is 19.1 Å². The van der Waals surface area contributed by atoms with Crippen molar-refractivity contribution in [3.8, 4) is 17.6 Å². The van der Waals surface area contributed by atoms with Gasteiger partial charge in [-0.2, -0.15) is 5.26 Å². The van der Waals surface area contributed by atoms with Crippen molar-refractivity contribution in [2.75, 3.05) is 27.3 Å². The Bertz CT molecular complexity index is 664. The van der Waals surface area contributed by atoms with Crippen LogP contribution < -0.4 is 15.2 Å². The zero-order valence-electron chi connectivity index (χ0n) is 14.0. The molecule has 7 nitrogen and oxygen atoms in total. The Morgan fingerprint density at radius 1 is 1.42 bits per heavy atom. The predicted octanol–water partition coefficient (Wildman–Crippen LogP) is 1.19. The molecule has 24 heavy (non-hydrogen) atoms. The molecule has 0 aliphatic carbocycles. The number of methoxy groups -OCH3 is 1. The number of carbonyl (C=O) groups is 2. The van der Waals surface area contributed by atoms with Gasteiger partial charge in [-0.25, -0.2) is 0 Å². The van der Waals surface area contributed by atoms with Crippen molar-refractivity contribution in [1.29, 1.82) is 5.26 Å². The van der Waals surface area contributed by atoms with E-state index < -0.39 is 5.91 Å². The largest absolute Gasteiger partial charge is 0.493 e. The van der Waals surface area contributed by atoms with E-state index in [2.05, 4.69) is 6.07 Å². The van der Waals surface area contributed by atoms with E-state index in [4.69, 9.17) is 20.5 Å². The van der Waals surface area contributed by atoms with Gasteiger partial charge < -0.3 is 20.1 Å². The molecule has 1 rings (SSSR count). The number of rotatable bonds is 8. The number of nitriles is 1. The second-order valence-electron chi connectivity index (χ2n) is 5.25. The van der Waals surface area contributed by atoms with Gasteiger partial charge in [-0.1, -0.05) is 6.07 Å². The molecule has 0 unspecified atom stereocenters. The third kappa shape index (κ3) is 6.01. The second-order valence-corrected chi connectivity index (χ2v) is 5.25. The first-order valence-corrected chi connectivity index (χ1v) is 7.29. The molecule has 2 N–H and O–H groups in total. The molecule has 1 aromatic rings. The summed E-state index contributed by atoms with van der Waals surface area (Å²) < 4.78 is 10.4. The van der Waals surface area contributed by atoms with Crippen LogP contribution in [0, 0.1) is 17.2 Å². The van der Waals surface area contributed by atoms with Crippen molar-refractivity contribution in [2.45, 2.75) is 6.92 Å². The Morgan fingerprint density at radius 3 is 2.71 bits per heavy atom. The fourth-order valence-electron chi connectivity index (χ4n) is 1.89. The number of ether oxygens (including phenoxy) is 2. The molecule has 0 heterocycles. The van der Waals surface area contributed by atoms with Crippen molar-refractivity contribution in [3.63, 3.8) is 0 Å². The Morgan fingerprint density at radius 2 is 2.12 bits per heavy atom. The van der Waals surface area contributed by atoms with Gasteiger partial charge in [-0.3, -0.25) is 9.59 Å². The maximum absolute atomic E-state index is 12.0. The number of likely N-dealkylation sites (N-methyl/N-ethyl adjacent to an activating group) is 1. The summed E-state index contributed by atoms with van der Waals surface area (Å²) in [7, 11) is 3.12. The second kappa shape index (κ2) is 9.20. The maximum Gasteiger partial charge on any atom is 0.255 e. The van der Waals surface area contributed by atoms with Crippen LogP contribution >= 0.6 is 0 Å². The number of amides is 2. The molecule has 0 spiro atoms. The van der Waals surface area contributed by atoms with Gasteiger partial charge >= 0.3 is 0 Å². The number of nitrogens with two attached hydrogens (primary N) is 1. The molecular weight excluding hydrogens is 310 g/mol. The maximum atomic E-state index is 12.0. The van der Waals surface area contributed by atoms with Crippen molar-refractivity contribution < 1.29 is 19.1 Å². The average Bonchev–Trinajstić information content (AvgIpc) is 2.57. The minimum atomic E-state index is -0.582. The molecule has 0 fully saturated rings. The van der Waals surface area contributed by atoms with E-state index in [1.54, 1.807) is 38.2 Å². The van der Waals surface area contributed by atoms with Crippen LogP contribution in [0.15, 0.2) is 24.3 Å². The van der Waals surface area contributed by atoms with Gasteiger partial charge in [0, 0.05) is 19.7 Å². The first-order chi connectivity index (χ1) is 11.4. The van der Waals surface area contributed by atoms with Crippen LogP contribution in [0.25, 0.3) is 6.08 Å². The summed E-state index contributed by atoms with van der Waals surface area (Å²) in [5.41, 5.74) is 5.77. The topological polar surface area (TPSA) is 106 Å². The number of hydrogen-bond donors (Lipinski definition) is 1. The van der Waals surface area contributed by atoms with E-state index in [0.29, 0.717) is 18.0 Å². The molecule has 128 valence electrons. The zero-order valence-corrected chi connectivity index (χ0v) is 14.0. The molecule has 0 bridgehead atoms. The SMILES string of the molecule is COc1cc(/C=C/C(=O)N(C)C[C@@H](C)C#N)ccc1OCC(N)=O. The number of benzene rings is 1. The fourth-order valence-corrected chi connectivity index (χ4v) is 1.89. The smallest absolute Gasteiger partial charge is 0.255 e. The normalized spacial score (nSPS) is 11.6. The van der Waals surface area contributed by atoms with Crippen molar-refractivity contribution in [1.82, 2.24) is 4.90 Å². The molecule has 2 amide bonds. The zero-order chi connectivity index (χ0) is 18.1. The van der Waals surface area contributed by atoms with Crippen LogP contribution in [-0.2, 0) is 9.59 Å². The highest BCUT2D eigenvalue weighted by Gasteiger charge is 2.10. The third-order valence-corrected chi connectivity index (χ3v) is 3.12. The quantitative estimate of drug-likeness (QED) is 0.720. The van der Waals surface area contributed by atoms with Crippen molar-refractivity contribution >= 4 is 17.9 Å². The Balaban J connectivity index is 2.79. The summed E-state index contributed by atoms with van der Waals surface area (Å²) in [5, 5.41) is 8.77. The standard InChI is InChI=1S/C17H21N3O4/c1-12(9-18)10-20(2)17(22)7-5-13-4-6-14(15(8-13)23-3)24-11-16(19)21/h4-8,12H,10-11H2,1-3H3,(H2,19,21)/b7-5+/t12-/m0/s1. The van der Waals surface area contributed by atoms with Crippen LogP contribution in [0.1, 0.15) is 12.5 Å². The lowest BCUT2D eigenvalue weighted by Gasteiger charge is -2.16. The van der Waals surface area contributed by atoms with Crippen LogP contribution in [0.2, 0.25) is 0 Å². The minimum Gasteiger partial charge on any atom is -0.493 e. The lowest BCUT2D eigenvalue weighted by molar-refractivity contribution is -0.125. The van der Waals surface area contributed by atoms with Gasteiger partial charge in [0.15, 0.2) is 18.1 Å². The summed E-state index contributed by atoms with van der Waals surface area (Å²) in [5.74, 6) is -0.197. The van der Waals surface area contributed by atoms with E-state index in [9.17, 15) is 9.59 Å². The number of nitrogens with zero attached hydrogens (tertiary/aromatic N) is 2. The Labute approximate surface area is 141 Å². The molecule has 0 aliphatic rings. The predicted molar refractivity (Wildman–Crippen MR) is 89.1 cm³/mol. The van der Waals surface area contributed by atoms with Crippen LogP contribution in [0.5, 0.6) is 11.5 Å². The van der Waals surface area contributed by atoms with Crippen LogP contribution in [-0.4, -0.2) is 44.0 Å². The van der Waals surface area contributed by atoms with E-state index in [1.165, 1.54) is 18.1 Å². The molecule has 0 aliphatic heterocycles.